The van der Waals surface area contributed by atoms with Gasteiger partial charge in [0, 0.05) is 5.02 Å². The van der Waals surface area contributed by atoms with Crippen LogP contribution in [0, 0.1) is 0 Å². The van der Waals surface area contributed by atoms with Crippen LogP contribution in [0.1, 0.15) is 13.8 Å². The summed E-state index contributed by atoms with van der Waals surface area (Å²) < 4.78 is 1.49. The Morgan fingerprint density at radius 3 is 2.76 bits per heavy atom. The fourth-order valence-electron chi connectivity index (χ4n) is 1.76. The lowest BCUT2D eigenvalue weighted by Gasteiger charge is -2.23. The van der Waals surface area contributed by atoms with Gasteiger partial charge in [-0.1, -0.05) is 11.6 Å². The molecule has 1 aromatic carbocycles. The highest BCUT2D eigenvalue weighted by atomic mass is 35.5. The van der Waals surface area contributed by atoms with Gasteiger partial charge in [-0.25, -0.2) is 9.78 Å². The Kier molecular flexibility index (Phi) is 2.50. The number of imidazole rings is 1. The smallest absolute Gasteiger partial charge is 0.329 e. The Balaban J connectivity index is 2.78. The number of hydrogen-bond acceptors (Lipinski definition) is 3. The average molecular weight is 254 g/mol. The maximum atomic E-state index is 11.3. The molecule has 2 aromatic rings. The number of aliphatic carboxylic acids is 1. The Hall–Kier alpha value is -1.75. The zero-order chi connectivity index (χ0) is 12.8. The van der Waals surface area contributed by atoms with Crippen molar-refractivity contribution in [2.24, 2.45) is 0 Å². The van der Waals surface area contributed by atoms with Crippen molar-refractivity contribution in [3.8, 4) is 0 Å². The van der Waals surface area contributed by atoms with E-state index >= 15 is 0 Å². The van der Waals surface area contributed by atoms with E-state index in [1.54, 1.807) is 32.0 Å². The molecule has 1 aromatic heterocycles. The highest BCUT2D eigenvalue weighted by molar-refractivity contribution is 6.31. The van der Waals surface area contributed by atoms with Gasteiger partial charge in [-0.15, -0.1) is 0 Å². The number of halogens is 1. The number of carboxylic acid groups (broad SMARTS) is 1. The van der Waals surface area contributed by atoms with E-state index in [0.717, 1.165) is 0 Å². The first-order valence-corrected chi connectivity index (χ1v) is 5.39. The summed E-state index contributed by atoms with van der Waals surface area (Å²) in [6.07, 6.45) is 0. The molecule has 0 spiro atoms. The number of anilines is 1. The van der Waals surface area contributed by atoms with Gasteiger partial charge in [0.2, 0.25) is 5.95 Å². The van der Waals surface area contributed by atoms with Crippen LogP contribution in [0.25, 0.3) is 11.0 Å². The van der Waals surface area contributed by atoms with Crippen LogP contribution in [0.5, 0.6) is 0 Å². The van der Waals surface area contributed by atoms with Gasteiger partial charge in [0.05, 0.1) is 11.0 Å². The Bertz CT molecular complexity index is 604. The van der Waals surface area contributed by atoms with Gasteiger partial charge in [-0.3, -0.25) is 4.57 Å². The van der Waals surface area contributed by atoms with Crippen LogP contribution in [-0.2, 0) is 10.3 Å². The van der Waals surface area contributed by atoms with Crippen LogP contribution in [0.15, 0.2) is 18.2 Å². The SMILES string of the molecule is CC(C)(C(=O)O)n1c(N)nc2cc(Cl)ccc21. The largest absolute Gasteiger partial charge is 0.480 e. The van der Waals surface area contributed by atoms with Gasteiger partial charge in [0.1, 0.15) is 5.54 Å². The van der Waals surface area contributed by atoms with Crippen LogP contribution in [0.3, 0.4) is 0 Å². The fraction of sp³-hybridized carbons (Fsp3) is 0.273. The van der Waals surface area contributed by atoms with E-state index in [-0.39, 0.29) is 5.95 Å². The van der Waals surface area contributed by atoms with Crippen molar-refractivity contribution in [2.75, 3.05) is 5.73 Å². The van der Waals surface area contributed by atoms with Gasteiger partial charge >= 0.3 is 5.97 Å². The summed E-state index contributed by atoms with van der Waals surface area (Å²) in [5.41, 5.74) is 5.85. The molecule has 0 atom stereocenters. The molecular weight excluding hydrogens is 242 g/mol. The van der Waals surface area contributed by atoms with Gasteiger partial charge in [-0.05, 0) is 32.0 Å². The molecule has 90 valence electrons. The molecule has 6 heteroatoms. The molecule has 3 N–H and O–H groups in total. The molecule has 0 radical (unpaired) electrons. The minimum Gasteiger partial charge on any atom is -0.480 e. The van der Waals surface area contributed by atoms with E-state index in [0.29, 0.717) is 16.1 Å². The lowest BCUT2D eigenvalue weighted by Crippen LogP contribution is -2.36. The molecule has 0 fully saturated rings. The average Bonchev–Trinajstić information content (AvgIpc) is 2.53. The maximum Gasteiger partial charge on any atom is 0.329 e. The number of benzene rings is 1. The lowest BCUT2D eigenvalue weighted by molar-refractivity contribution is -0.145. The number of fused-ring (bicyclic) bond motifs is 1. The lowest BCUT2D eigenvalue weighted by atomic mass is 10.1. The number of nitrogens with zero attached hydrogens (tertiary/aromatic N) is 2. The van der Waals surface area contributed by atoms with Crippen LogP contribution in [0.2, 0.25) is 5.02 Å². The quantitative estimate of drug-likeness (QED) is 0.859. The summed E-state index contributed by atoms with van der Waals surface area (Å²) in [6, 6.07) is 5.05. The molecule has 0 unspecified atom stereocenters. The number of nitrogen functional groups attached to an aromatic ring is 1. The van der Waals surface area contributed by atoms with Crippen molar-refractivity contribution in [1.29, 1.82) is 0 Å². The summed E-state index contributed by atoms with van der Waals surface area (Å²) >= 11 is 5.85. The second kappa shape index (κ2) is 3.63. The molecule has 0 saturated heterocycles. The van der Waals surface area contributed by atoms with E-state index < -0.39 is 11.5 Å². The number of hydrogen-bond donors (Lipinski definition) is 2. The van der Waals surface area contributed by atoms with E-state index in [9.17, 15) is 9.90 Å². The molecule has 0 amide bonds. The van der Waals surface area contributed by atoms with Crippen molar-refractivity contribution < 1.29 is 9.90 Å². The third-order valence-corrected chi connectivity index (χ3v) is 2.96. The second-order valence-electron chi connectivity index (χ2n) is 4.30. The molecule has 0 aliphatic heterocycles. The number of carbonyl (C=O) groups is 1. The first-order valence-electron chi connectivity index (χ1n) is 5.01. The number of nitrogens with two attached hydrogens (primary N) is 1. The van der Waals surface area contributed by atoms with E-state index in [4.69, 9.17) is 17.3 Å². The minimum atomic E-state index is -1.16. The topological polar surface area (TPSA) is 81.1 Å². The molecule has 17 heavy (non-hydrogen) atoms. The third-order valence-electron chi connectivity index (χ3n) is 2.72. The standard InChI is InChI=1S/C11H12ClN3O2/c1-11(2,9(16)17)15-8-4-3-6(12)5-7(8)14-10(15)13/h3-5H,1-2H3,(H2,13,14)(H,16,17). The summed E-state index contributed by atoms with van der Waals surface area (Å²) in [4.78, 5) is 15.4. The zero-order valence-corrected chi connectivity index (χ0v) is 10.2. The highest BCUT2D eigenvalue weighted by Crippen LogP contribution is 2.28. The van der Waals surface area contributed by atoms with E-state index in [2.05, 4.69) is 4.98 Å². The van der Waals surface area contributed by atoms with Crippen molar-refractivity contribution in [3.63, 3.8) is 0 Å². The van der Waals surface area contributed by atoms with Crippen molar-refractivity contribution >= 4 is 34.6 Å². The molecule has 0 aliphatic rings. The summed E-state index contributed by atoms with van der Waals surface area (Å²) in [6.45, 7) is 3.14. The molecular formula is C11H12ClN3O2. The molecule has 0 saturated carbocycles. The molecule has 5 nitrogen and oxygen atoms in total. The molecule has 1 heterocycles. The van der Waals surface area contributed by atoms with Gasteiger partial charge in [0.25, 0.3) is 0 Å². The molecule has 0 aliphatic carbocycles. The predicted molar refractivity (Wildman–Crippen MR) is 66.1 cm³/mol. The summed E-state index contributed by atoms with van der Waals surface area (Å²) in [5.74, 6) is -0.812. The Morgan fingerprint density at radius 1 is 1.53 bits per heavy atom. The molecule has 2 rings (SSSR count). The zero-order valence-electron chi connectivity index (χ0n) is 9.44. The monoisotopic (exact) mass is 253 g/mol. The van der Waals surface area contributed by atoms with E-state index in [1.165, 1.54) is 4.57 Å². The van der Waals surface area contributed by atoms with E-state index in [1.807, 2.05) is 0 Å². The normalized spacial score (nSPS) is 11.9. The van der Waals surface area contributed by atoms with Crippen molar-refractivity contribution in [1.82, 2.24) is 9.55 Å². The summed E-state index contributed by atoms with van der Waals surface area (Å²) in [5, 5.41) is 9.76. The van der Waals surface area contributed by atoms with Gasteiger partial charge < -0.3 is 10.8 Å². The molecule has 0 bridgehead atoms. The van der Waals surface area contributed by atoms with Crippen molar-refractivity contribution in [2.45, 2.75) is 19.4 Å². The first kappa shape index (κ1) is 11.7. The first-order chi connectivity index (χ1) is 7.84. The van der Waals surface area contributed by atoms with Crippen molar-refractivity contribution in [3.05, 3.63) is 23.2 Å². The predicted octanol–water partition coefficient (Wildman–Crippen LogP) is 2.09. The summed E-state index contributed by atoms with van der Waals surface area (Å²) in [7, 11) is 0. The maximum absolute atomic E-state index is 11.3. The van der Waals surface area contributed by atoms with Crippen LogP contribution in [0.4, 0.5) is 5.95 Å². The van der Waals surface area contributed by atoms with Crippen LogP contribution < -0.4 is 5.73 Å². The number of aromatic nitrogens is 2. The highest BCUT2D eigenvalue weighted by Gasteiger charge is 2.32. The minimum absolute atomic E-state index is 0.162. The second-order valence-corrected chi connectivity index (χ2v) is 4.74. The van der Waals surface area contributed by atoms with Gasteiger partial charge in [0.15, 0.2) is 0 Å². The fourth-order valence-corrected chi connectivity index (χ4v) is 1.92. The Labute approximate surface area is 103 Å². The number of rotatable bonds is 2. The third kappa shape index (κ3) is 1.72. The Morgan fingerprint density at radius 2 is 2.18 bits per heavy atom. The van der Waals surface area contributed by atoms with Crippen LogP contribution >= 0.6 is 11.6 Å². The van der Waals surface area contributed by atoms with Gasteiger partial charge in [-0.2, -0.15) is 0 Å². The number of carboxylic acids is 1. The van der Waals surface area contributed by atoms with Crippen LogP contribution in [-0.4, -0.2) is 20.6 Å².